The van der Waals surface area contributed by atoms with Crippen molar-refractivity contribution < 1.29 is 9.13 Å². The van der Waals surface area contributed by atoms with E-state index in [1.165, 1.54) is 6.07 Å². The molecule has 2 aromatic carbocycles. The van der Waals surface area contributed by atoms with Crippen molar-refractivity contribution in [2.45, 2.75) is 19.3 Å². The first kappa shape index (κ1) is 14.5. The van der Waals surface area contributed by atoms with Crippen LogP contribution in [0.1, 0.15) is 24.0 Å². The average Bonchev–Trinajstić information content (AvgIpc) is 2.46. The van der Waals surface area contributed by atoms with Gasteiger partial charge >= 0.3 is 0 Å². The summed E-state index contributed by atoms with van der Waals surface area (Å²) < 4.78 is 19.3. The fraction of sp³-hybridized carbons (Fsp3) is 0.294. The molecule has 0 amide bonds. The van der Waals surface area contributed by atoms with Crippen molar-refractivity contribution in [3.63, 3.8) is 0 Å². The molecule has 0 aliphatic carbocycles. The summed E-state index contributed by atoms with van der Waals surface area (Å²) in [6.45, 7) is 3.01. The van der Waals surface area contributed by atoms with Crippen molar-refractivity contribution >= 4 is 0 Å². The topological polar surface area (TPSA) is 35.2 Å². The van der Waals surface area contributed by atoms with Gasteiger partial charge in [0.25, 0.3) is 0 Å². The lowest BCUT2D eigenvalue weighted by Gasteiger charge is -2.16. The van der Waals surface area contributed by atoms with E-state index in [0.29, 0.717) is 25.1 Å². The van der Waals surface area contributed by atoms with Crippen LogP contribution in [-0.2, 0) is 6.42 Å². The Labute approximate surface area is 119 Å². The van der Waals surface area contributed by atoms with E-state index in [2.05, 4.69) is 0 Å². The van der Waals surface area contributed by atoms with E-state index in [-0.39, 0.29) is 11.7 Å². The van der Waals surface area contributed by atoms with E-state index in [1.54, 1.807) is 12.1 Å². The Kier molecular flexibility index (Phi) is 5.13. The second-order valence-electron chi connectivity index (χ2n) is 4.74. The monoisotopic (exact) mass is 273 g/mol. The third kappa shape index (κ3) is 3.58. The maximum atomic E-state index is 13.8. The van der Waals surface area contributed by atoms with E-state index in [4.69, 9.17) is 10.5 Å². The molecule has 0 saturated heterocycles. The molecule has 106 valence electrons. The second kappa shape index (κ2) is 7.06. The molecule has 0 spiro atoms. The van der Waals surface area contributed by atoms with Crippen molar-refractivity contribution in [2.75, 3.05) is 13.2 Å². The molecule has 2 N–H and O–H groups in total. The average molecular weight is 273 g/mol. The van der Waals surface area contributed by atoms with Crippen LogP contribution in [0.4, 0.5) is 4.39 Å². The van der Waals surface area contributed by atoms with Gasteiger partial charge in [-0.05, 0) is 49.2 Å². The van der Waals surface area contributed by atoms with Crippen LogP contribution in [0.25, 0.3) is 0 Å². The van der Waals surface area contributed by atoms with Crippen LogP contribution < -0.4 is 10.5 Å². The predicted octanol–water partition coefficient (Wildman–Crippen LogP) is 3.51. The van der Waals surface area contributed by atoms with E-state index in [1.807, 2.05) is 37.3 Å². The van der Waals surface area contributed by atoms with Crippen LogP contribution in [0, 0.1) is 5.82 Å². The molecule has 0 radical (unpaired) electrons. The Morgan fingerprint density at radius 2 is 1.95 bits per heavy atom. The van der Waals surface area contributed by atoms with Gasteiger partial charge < -0.3 is 10.5 Å². The van der Waals surface area contributed by atoms with Gasteiger partial charge in [-0.2, -0.15) is 0 Å². The molecule has 2 rings (SSSR count). The van der Waals surface area contributed by atoms with Crippen molar-refractivity contribution in [1.82, 2.24) is 0 Å². The highest BCUT2D eigenvalue weighted by molar-refractivity contribution is 5.31. The Bertz CT molecular complexity index is 556. The molecule has 0 aliphatic heterocycles. The summed E-state index contributed by atoms with van der Waals surface area (Å²) >= 11 is 0. The summed E-state index contributed by atoms with van der Waals surface area (Å²) in [5.74, 6) is 0.631. The highest BCUT2D eigenvalue weighted by Gasteiger charge is 2.14. The van der Waals surface area contributed by atoms with Crippen molar-refractivity contribution in [1.29, 1.82) is 0 Å². The molecular formula is C17H20FNO. The Hall–Kier alpha value is -1.87. The van der Waals surface area contributed by atoms with E-state index >= 15 is 0 Å². The summed E-state index contributed by atoms with van der Waals surface area (Å²) in [6.07, 6.45) is 0.707. The molecule has 0 heterocycles. The van der Waals surface area contributed by atoms with Crippen LogP contribution >= 0.6 is 0 Å². The molecule has 0 fully saturated rings. The van der Waals surface area contributed by atoms with Gasteiger partial charge in [0.15, 0.2) is 0 Å². The van der Waals surface area contributed by atoms with Gasteiger partial charge in [-0.3, -0.25) is 0 Å². The molecule has 2 nitrogen and oxygen atoms in total. The molecule has 2 aromatic rings. The molecule has 0 aromatic heterocycles. The van der Waals surface area contributed by atoms with Crippen molar-refractivity contribution in [3.8, 4) is 5.75 Å². The van der Waals surface area contributed by atoms with Crippen LogP contribution in [0.3, 0.4) is 0 Å². The Balaban J connectivity index is 2.18. The summed E-state index contributed by atoms with van der Waals surface area (Å²) in [4.78, 5) is 0. The maximum Gasteiger partial charge on any atom is 0.126 e. The van der Waals surface area contributed by atoms with Gasteiger partial charge in [0.05, 0.1) is 6.61 Å². The second-order valence-corrected chi connectivity index (χ2v) is 4.74. The minimum atomic E-state index is -0.191. The predicted molar refractivity (Wildman–Crippen MR) is 79.5 cm³/mol. The van der Waals surface area contributed by atoms with Gasteiger partial charge in [-0.1, -0.05) is 30.3 Å². The third-order valence-electron chi connectivity index (χ3n) is 3.32. The quantitative estimate of drug-likeness (QED) is 0.874. The van der Waals surface area contributed by atoms with Crippen LogP contribution in [-0.4, -0.2) is 13.2 Å². The Morgan fingerprint density at radius 1 is 1.15 bits per heavy atom. The van der Waals surface area contributed by atoms with Gasteiger partial charge in [0.2, 0.25) is 0 Å². The first-order valence-electron chi connectivity index (χ1n) is 6.90. The van der Waals surface area contributed by atoms with Crippen LogP contribution in [0.5, 0.6) is 5.75 Å². The lowest BCUT2D eigenvalue weighted by atomic mass is 9.91. The fourth-order valence-corrected chi connectivity index (χ4v) is 2.34. The molecule has 1 atom stereocenters. The van der Waals surface area contributed by atoms with Gasteiger partial charge in [-0.25, -0.2) is 4.39 Å². The number of halogens is 1. The minimum Gasteiger partial charge on any atom is -0.494 e. The lowest BCUT2D eigenvalue weighted by molar-refractivity contribution is 0.340. The first-order chi connectivity index (χ1) is 9.74. The van der Waals surface area contributed by atoms with E-state index < -0.39 is 0 Å². The molecule has 1 unspecified atom stereocenters. The van der Waals surface area contributed by atoms with Gasteiger partial charge in [-0.15, -0.1) is 0 Å². The maximum absolute atomic E-state index is 13.8. The van der Waals surface area contributed by atoms with Crippen molar-refractivity contribution in [2.24, 2.45) is 5.73 Å². The minimum absolute atomic E-state index is 0.0203. The third-order valence-corrected chi connectivity index (χ3v) is 3.32. The molecule has 0 saturated carbocycles. The van der Waals surface area contributed by atoms with E-state index in [9.17, 15) is 4.39 Å². The van der Waals surface area contributed by atoms with Crippen LogP contribution in [0.2, 0.25) is 0 Å². The number of ether oxygens (including phenoxy) is 1. The molecule has 0 aliphatic rings. The highest BCUT2D eigenvalue weighted by Crippen LogP contribution is 2.24. The Morgan fingerprint density at radius 3 is 2.65 bits per heavy atom. The molecular weight excluding hydrogens is 253 g/mol. The lowest BCUT2D eigenvalue weighted by Crippen LogP contribution is -2.16. The standard InChI is InChI=1S/C17H20FNO/c1-2-20-15-7-5-6-13(11-15)10-14(12-19)16-8-3-4-9-17(16)18/h3-9,11,14H,2,10,12,19H2,1H3. The summed E-state index contributed by atoms with van der Waals surface area (Å²) in [5, 5.41) is 0. The number of nitrogens with two attached hydrogens (primary N) is 1. The van der Waals surface area contributed by atoms with E-state index in [0.717, 1.165) is 11.3 Å². The number of benzene rings is 2. The number of hydrogen-bond acceptors (Lipinski definition) is 2. The molecule has 20 heavy (non-hydrogen) atoms. The summed E-state index contributed by atoms with van der Waals surface area (Å²) in [5.41, 5.74) is 7.60. The largest absolute Gasteiger partial charge is 0.494 e. The van der Waals surface area contributed by atoms with Gasteiger partial charge in [0, 0.05) is 5.92 Å². The highest BCUT2D eigenvalue weighted by atomic mass is 19.1. The summed E-state index contributed by atoms with van der Waals surface area (Å²) in [6, 6.07) is 14.7. The zero-order valence-electron chi connectivity index (χ0n) is 11.7. The number of hydrogen-bond donors (Lipinski definition) is 1. The summed E-state index contributed by atoms with van der Waals surface area (Å²) in [7, 11) is 0. The van der Waals surface area contributed by atoms with Gasteiger partial charge in [0.1, 0.15) is 11.6 Å². The SMILES string of the molecule is CCOc1cccc(CC(CN)c2ccccc2F)c1. The number of rotatable bonds is 6. The smallest absolute Gasteiger partial charge is 0.126 e. The van der Waals surface area contributed by atoms with Crippen LogP contribution in [0.15, 0.2) is 48.5 Å². The molecule has 0 bridgehead atoms. The first-order valence-corrected chi connectivity index (χ1v) is 6.90. The zero-order chi connectivity index (χ0) is 14.4. The fourth-order valence-electron chi connectivity index (χ4n) is 2.34. The normalized spacial score (nSPS) is 12.2. The zero-order valence-corrected chi connectivity index (χ0v) is 11.7. The van der Waals surface area contributed by atoms with Crippen molar-refractivity contribution in [3.05, 3.63) is 65.5 Å². The molecule has 3 heteroatoms.